The third kappa shape index (κ3) is 2.54. The Labute approximate surface area is 193 Å². The van der Waals surface area contributed by atoms with E-state index in [0.29, 0.717) is 0 Å². The number of rotatable bonds is 2. The number of para-hydroxylation sites is 1. The standard InChI is InChI=1S/C32H24O/c1-32(2)26-15-7-5-13-24(26)30-20(10-9-16-27(30)32)18-21-19-29-31(23-12-4-3-11-22(21)23)25-14-6-8-17-28(25)33-29/h3-17,19H,18H2,1-2H3. The largest absolute Gasteiger partial charge is 0.456 e. The van der Waals surface area contributed by atoms with Gasteiger partial charge in [0.2, 0.25) is 0 Å². The highest BCUT2D eigenvalue weighted by molar-refractivity contribution is 6.19. The van der Waals surface area contributed by atoms with Crippen LogP contribution in [0.4, 0.5) is 0 Å². The molecule has 0 saturated heterocycles. The maximum absolute atomic E-state index is 6.32. The number of hydrogen-bond donors (Lipinski definition) is 0. The first-order chi connectivity index (χ1) is 16.1. The smallest absolute Gasteiger partial charge is 0.136 e. The van der Waals surface area contributed by atoms with E-state index in [9.17, 15) is 0 Å². The van der Waals surface area contributed by atoms with Crippen molar-refractivity contribution in [1.29, 1.82) is 0 Å². The molecule has 0 fully saturated rings. The van der Waals surface area contributed by atoms with Crippen LogP contribution in [0.3, 0.4) is 0 Å². The van der Waals surface area contributed by atoms with Crippen LogP contribution in [0.1, 0.15) is 36.1 Å². The Balaban J connectivity index is 1.49. The van der Waals surface area contributed by atoms with Gasteiger partial charge in [0.05, 0.1) is 0 Å². The maximum Gasteiger partial charge on any atom is 0.136 e. The molecule has 0 unspecified atom stereocenters. The molecule has 7 rings (SSSR count). The molecule has 1 aliphatic carbocycles. The molecule has 0 saturated carbocycles. The summed E-state index contributed by atoms with van der Waals surface area (Å²) in [6, 6.07) is 35.1. The third-order valence-corrected chi connectivity index (χ3v) is 7.55. The fraction of sp³-hybridized carbons (Fsp3) is 0.125. The van der Waals surface area contributed by atoms with E-state index >= 15 is 0 Å². The molecular formula is C32H24O. The van der Waals surface area contributed by atoms with Crippen molar-refractivity contribution in [2.24, 2.45) is 0 Å². The lowest BCUT2D eigenvalue weighted by Gasteiger charge is -2.21. The summed E-state index contributed by atoms with van der Waals surface area (Å²) in [4.78, 5) is 0. The van der Waals surface area contributed by atoms with E-state index in [-0.39, 0.29) is 5.41 Å². The van der Waals surface area contributed by atoms with Gasteiger partial charge in [0, 0.05) is 16.2 Å². The highest BCUT2D eigenvalue weighted by atomic mass is 16.3. The normalized spacial score (nSPS) is 14.1. The summed E-state index contributed by atoms with van der Waals surface area (Å²) in [5.74, 6) is 0. The van der Waals surface area contributed by atoms with E-state index in [2.05, 4.69) is 105 Å². The predicted octanol–water partition coefficient (Wildman–Crippen LogP) is 8.64. The molecule has 158 valence electrons. The Bertz CT molecular complexity index is 1710. The molecule has 33 heavy (non-hydrogen) atoms. The zero-order valence-electron chi connectivity index (χ0n) is 18.9. The van der Waals surface area contributed by atoms with E-state index in [1.165, 1.54) is 54.9 Å². The van der Waals surface area contributed by atoms with Gasteiger partial charge in [-0.05, 0) is 62.7 Å². The lowest BCUT2D eigenvalue weighted by atomic mass is 9.82. The van der Waals surface area contributed by atoms with Gasteiger partial charge < -0.3 is 4.42 Å². The van der Waals surface area contributed by atoms with Crippen molar-refractivity contribution in [3.8, 4) is 11.1 Å². The van der Waals surface area contributed by atoms with Crippen molar-refractivity contribution in [1.82, 2.24) is 0 Å². The van der Waals surface area contributed by atoms with Crippen LogP contribution in [-0.2, 0) is 11.8 Å². The number of fused-ring (bicyclic) bond motifs is 8. The van der Waals surface area contributed by atoms with Crippen LogP contribution in [0.15, 0.2) is 101 Å². The Hall–Kier alpha value is -3.84. The van der Waals surface area contributed by atoms with Crippen LogP contribution < -0.4 is 0 Å². The molecule has 1 heteroatoms. The summed E-state index contributed by atoms with van der Waals surface area (Å²) in [6.45, 7) is 4.69. The van der Waals surface area contributed by atoms with E-state index in [1.807, 2.05) is 6.07 Å². The zero-order valence-corrected chi connectivity index (χ0v) is 18.9. The molecule has 1 heterocycles. The van der Waals surface area contributed by atoms with Crippen molar-refractivity contribution < 1.29 is 4.42 Å². The highest BCUT2D eigenvalue weighted by Gasteiger charge is 2.36. The Kier molecular flexibility index (Phi) is 3.73. The average Bonchev–Trinajstić information content (AvgIpc) is 3.33. The minimum atomic E-state index is 0.0205. The molecule has 1 aliphatic rings. The van der Waals surface area contributed by atoms with Gasteiger partial charge in [-0.25, -0.2) is 0 Å². The molecule has 5 aromatic carbocycles. The van der Waals surface area contributed by atoms with Gasteiger partial charge in [-0.2, -0.15) is 0 Å². The molecule has 0 aliphatic heterocycles. The van der Waals surface area contributed by atoms with E-state index in [1.54, 1.807) is 0 Å². The van der Waals surface area contributed by atoms with Crippen molar-refractivity contribution in [3.05, 3.63) is 119 Å². The first-order valence-corrected chi connectivity index (χ1v) is 11.7. The van der Waals surface area contributed by atoms with Gasteiger partial charge in [-0.3, -0.25) is 0 Å². The summed E-state index contributed by atoms with van der Waals surface area (Å²) in [5.41, 5.74) is 10.3. The van der Waals surface area contributed by atoms with E-state index < -0.39 is 0 Å². The van der Waals surface area contributed by atoms with Crippen molar-refractivity contribution in [2.75, 3.05) is 0 Å². The van der Waals surface area contributed by atoms with Gasteiger partial charge in [-0.1, -0.05) is 98.8 Å². The summed E-state index contributed by atoms with van der Waals surface area (Å²) in [5, 5.41) is 4.98. The third-order valence-electron chi connectivity index (χ3n) is 7.55. The van der Waals surface area contributed by atoms with Crippen LogP contribution in [0.2, 0.25) is 0 Å². The SMILES string of the molecule is CC1(C)c2ccccc2-c2c(Cc3cc4oc5ccccc5c4c4ccccc34)cccc21. The maximum atomic E-state index is 6.32. The Morgan fingerprint density at radius 1 is 0.606 bits per heavy atom. The summed E-state index contributed by atoms with van der Waals surface area (Å²) in [7, 11) is 0. The molecule has 1 aromatic heterocycles. The van der Waals surface area contributed by atoms with Crippen molar-refractivity contribution in [3.63, 3.8) is 0 Å². The molecule has 0 radical (unpaired) electrons. The molecule has 0 atom stereocenters. The van der Waals surface area contributed by atoms with E-state index in [4.69, 9.17) is 4.42 Å². The van der Waals surface area contributed by atoms with Crippen LogP contribution in [-0.4, -0.2) is 0 Å². The second-order valence-electron chi connectivity index (χ2n) is 9.74. The molecule has 0 bridgehead atoms. The fourth-order valence-electron chi connectivity index (χ4n) is 5.99. The minimum absolute atomic E-state index is 0.0205. The molecule has 0 amide bonds. The van der Waals surface area contributed by atoms with Gasteiger partial charge >= 0.3 is 0 Å². The van der Waals surface area contributed by atoms with E-state index in [0.717, 1.165) is 17.6 Å². The summed E-state index contributed by atoms with van der Waals surface area (Å²) >= 11 is 0. The topological polar surface area (TPSA) is 13.1 Å². The molecule has 1 nitrogen and oxygen atoms in total. The Morgan fingerprint density at radius 2 is 1.30 bits per heavy atom. The number of furan rings is 1. The zero-order chi connectivity index (χ0) is 22.2. The highest BCUT2D eigenvalue weighted by Crippen LogP contribution is 2.50. The molecule has 0 N–H and O–H groups in total. The lowest BCUT2D eigenvalue weighted by molar-refractivity contribution is 0.660. The van der Waals surface area contributed by atoms with Gasteiger partial charge in [0.15, 0.2) is 0 Å². The fourth-order valence-corrected chi connectivity index (χ4v) is 5.99. The first kappa shape index (κ1) is 18.7. The predicted molar refractivity (Wildman–Crippen MR) is 138 cm³/mol. The Morgan fingerprint density at radius 3 is 2.18 bits per heavy atom. The first-order valence-electron chi connectivity index (χ1n) is 11.7. The molecular weight excluding hydrogens is 400 g/mol. The number of hydrogen-bond acceptors (Lipinski definition) is 1. The molecule has 6 aromatic rings. The molecule has 0 spiro atoms. The van der Waals surface area contributed by atoms with Crippen LogP contribution in [0.25, 0.3) is 43.8 Å². The van der Waals surface area contributed by atoms with Crippen molar-refractivity contribution >= 4 is 32.7 Å². The lowest BCUT2D eigenvalue weighted by Crippen LogP contribution is -2.14. The van der Waals surface area contributed by atoms with Crippen LogP contribution in [0.5, 0.6) is 0 Å². The van der Waals surface area contributed by atoms with Crippen molar-refractivity contribution in [2.45, 2.75) is 25.7 Å². The monoisotopic (exact) mass is 424 g/mol. The summed E-state index contributed by atoms with van der Waals surface area (Å²) in [6.07, 6.45) is 0.876. The minimum Gasteiger partial charge on any atom is -0.456 e. The quantitative estimate of drug-likeness (QED) is 0.271. The van der Waals surface area contributed by atoms with Crippen LogP contribution >= 0.6 is 0 Å². The second-order valence-corrected chi connectivity index (χ2v) is 9.74. The number of benzene rings is 5. The average molecular weight is 425 g/mol. The van der Waals surface area contributed by atoms with Gasteiger partial charge in [0.1, 0.15) is 11.2 Å². The second kappa shape index (κ2) is 6.59. The van der Waals surface area contributed by atoms with Gasteiger partial charge in [-0.15, -0.1) is 0 Å². The van der Waals surface area contributed by atoms with Gasteiger partial charge in [0.25, 0.3) is 0 Å². The summed E-state index contributed by atoms with van der Waals surface area (Å²) < 4.78 is 6.32. The van der Waals surface area contributed by atoms with Crippen LogP contribution in [0, 0.1) is 0 Å².